The molecule has 0 unspecified atom stereocenters. The Hall–Kier alpha value is -1.20. The van der Waals surface area contributed by atoms with Crippen molar-refractivity contribution in [2.24, 2.45) is 0 Å². The largest absolute Gasteiger partial charge is 0.311 e. The van der Waals surface area contributed by atoms with Gasteiger partial charge in [-0.3, -0.25) is 9.58 Å². The van der Waals surface area contributed by atoms with E-state index in [0.29, 0.717) is 0 Å². The van der Waals surface area contributed by atoms with Crippen LogP contribution in [0.3, 0.4) is 0 Å². The zero-order valence-corrected chi connectivity index (χ0v) is 13.4. The molecule has 1 heterocycles. The summed E-state index contributed by atoms with van der Waals surface area (Å²) < 4.78 is 1.92. The summed E-state index contributed by atoms with van der Waals surface area (Å²) in [5, 5.41) is 11.7. The zero-order valence-electron chi connectivity index (χ0n) is 13.4. The van der Waals surface area contributed by atoms with Crippen LogP contribution in [-0.2, 0) is 13.1 Å². The first-order valence-corrected chi connectivity index (χ1v) is 7.43. The molecular weight excluding hydrogens is 250 g/mol. The highest BCUT2D eigenvalue weighted by Gasteiger charge is 2.19. The molecule has 0 aromatic carbocycles. The van der Waals surface area contributed by atoms with Gasteiger partial charge in [0.2, 0.25) is 0 Å². The monoisotopic (exact) mass is 279 g/mol. The van der Waals surface area contributed by atoms with Crippen LogP contribution in [0.1, 0.15) is 39.8 Å². The summed E-state index contributed by atoms with van der Waals surface area (Å²) in [5.74, 6) is 0. The summed E-state index contributed by atoms with van der Waals surface area (Å²) in [7, 11) is 0. The third-order valence-electron chi connectivity index (χ3n) is 3.22. The van der Waals surface area contributed by atoms with E-state index < -0.39 is 0 Å². The van der Waals surface area contributed by atoms with Gasteiger partial charge in [-0.05, 0) is 33.7 Å². The van der Waals surface area contributed by atoms with Crippen molar-refractivity contribution in [2.75, 3.05) is 19.6 Å². The van der Waals surface area contributed by atoms with E-state index in [1.807, 2.05) is 17.0 Å². The van der Waals surface area contributed by atoms with Gasteiger partial charge in [0.25, 0.3) is 0 Å². The van der Waals surface area contributed by atoms with E-state index in [1.165, 1.54) is 0 Å². The van der Waals surface area contributed by atoms with E-state index in [-0.39, 0.29) is 5.54 Å². The predicted molar refractivity (Wildman–Crippen MR) is 83.5 cm³/mol. The molecule has 0 aliphatic rings. The molecule has 0 saturated heterocycles. The van der Waals surface area contributed by atoms with Gasteiger partial charge in [-0.25, -0.2) is 0 Å². The van der Waals surface area contributed by atoms with Crippen molar-refractivity contribution in [1.29, 1.82) is 0 Å². The molecule has 0 spiro atoms. The minimum Gasteiger partial charge on any atom is -0.311 e. The van der Waals surface area contributed by atoms with E-state index in [2.05, 4.69) is 54.8 Å². The number of rotatable bonds is 9. The van der Waals surface area contributed by atoms with Gasteiger partial charge in [0.05, 0.1) is 12.2 Å². The van der Waals surface area contributed by atoms with E-state index >= 15 is 0 Å². The molecule has 5 heteroatoms. The van der Waals surface area contributed by atoms with Crippen LogP contribution in [0.2, 0.25) is 0 Å². The third kappa shape index (κ3) is 5.84. The maximum atomic E-state index is 4.19. The van der Waals surface area contributed by atoms with Crippen molar-refractivity contribution in [1.82, 2.24) is 25.2 Å². The Balaban J connectivity index is 2.45. The van der Waals surface area contributed by atoms with Crippen molar-refractivity contribution in [3.63, 3.8) is 0 Å². The van der Waals surface area contributed by atoms with Gasteiger partial charge in [-0.1, -0.05) is 18.2 Å². The molecule has 0 fully saturated rings. The highest BCUT2D eigenvalue weighted by atomic mass is 15.4. The van der Waals surface area contributed by atoms with Crippen LogP contribution < -0.4 is 5.32 Å². The Labute approximate surface area is 123 Å². The van der Waals surface area contributed by atoms with Gasteiger partial charge in [0, 0.05) is 31.4 Å². The summed E-state index contributed by atoms with van der Waals surface area (Å²) in [5.41, 5.74) is 1.14. The van der Waals surface area contributed by atoms with Crippen molar-refractivity contribution in [3.8, 4) is 0 Å². The van der Waals surface area contributed by atoms with Crippen LogP contribution in [0.15, 0.2) is 18.9 Å². The number of aromatic nitrogens is 3. The quantitative estimate of drug-likeness (QED) is 0.555. The normalized spacial score (nSPS) is 12.1. The van der Waals surface area contributed by atoms with Crippen LogP contribution in [0.5, 0.6) is 0 Å². The average Bonchev–Trinajstić information content (AvgIpc) is 2.81. The Morgan fingerprint density at radius 2 is 2.20 bits per heavy atom. The molecule has 1 N–H and O–H groups in total. The zero-order chi connectivity index (χ0) is 15.0. The standard InChI is InChI=1S/C15H29N5/c1-6-8-16-12-14-13-20(18-17-14)11-10-19(9-7-2)15(3,4)5/h7,13,16H,2,6,8-12H2,1,3-5H3. The number of nitrogens with zero attached hydrogens (tertiary/aromatic N) is 4. The minimum absolute atomic E-state index is 0.139. The third-order valence-corrected chi connectivity index (χ3v) is 3.22. The molecule has 5 nitrogen and oxygen atoms in total. The van der Waals surface area contributed by atoms with Crippen LogP contribution in [-0.4, -0.2) is 45.1 Å². The van der Waals surface area contributed by atoms with Crippen molar-refractivity contribution in [2.45, 2.75) is 52.7 Å². The molecule has 20 heavy (non-hydrogen) atoms. The first-order valence-electron chi connectivity index (χ1n) is 7.43. The molecule has 0 bridgehead atoms. The summed E-state index contributed by atoms with van der Waals surface area (Å²) in [6, 6.07) is 0. The van der Waals surface area contributed by atoms with Gasteiger partial charge in [0.1, 0.15) is 0 Å². The molecule has 0 aliphatic carbocycles. The van der Waals surface area contributed by atoms with Gasteiger partial charge in [-0.2, -0.15) is 0 Å². The fourth-order valence-electron chi connectivity index (χ4n) is 2.00. The molecule has 1 aromatic heterocycles. The van der Waals surface area contributed by atoms with Crippen molar-refractivity contribution in [3.05, 3.63) is 24.5 Å². The lowest BCUT2D eigenvalue weighted by atomic mass is 10.1. The van der Waals surface area contributed by atoms with Crippen LogP contribution in [0.25, 0.3) is 0 Å². The molecule has 114 valence electrons. The highest BCUT2D eigenvalue weighted by molar-refractivity contribution is 4.91. The topological polar surface area (TPSA) is 46.0 Å². The maximum Gasteiger partial charge on any atom is 0.0964 e. The summed E-state index contributed by atoms with van der Waals surface area (Å²) >= 11 is 0. The second-order valence-corrected chi connectivity index (χ2v) is 6.06. The smallest absolute Gasteiger partial charge is 0.0964 e. The van der Waals surface area contributed by atoms with Crippen LogP contribution >= 0.6 is 0 Å². The van der Waals surface area contributed by atoms with Crippen LogP contribution in [0, 0.1) is 0 Å². The Bertz CT molecular complexity index is 391. The molecule has 0 atom stereocenters. The second-order valence-electron chi connectivity index (χ2n) is 6.06. The van der Waals surface area contributed by atoms with Gasteiger partial charge < -0.3 is 5.32 Å². The summed E-state index contributed by atoms with van der Waals surface area (Å²) in [6.07, 6.45) is 5.11. The van der Waals surface area contributed by atoms with E-state index in [1.54, 1.807) is 0 Å². The molecule has 1 aromatic rings. The predicted octanol–water partition coefficient (Wildman–Crippen LogP) is 2.06. The minimum atomic E-state index is 0.139. The summed E-state index contributed by atoms with van der Waals surface area (Å²) in [6.45, 7) is 17.2. The fraction of sp³-hybridized carbons (Fsp3) is 0.733. The second kappa shape index (κ2) is 8.17. The Kier molecular flexibility index (Phi) is 6.88. The highest BCUT2D eigenvalue weighted by Crippen LogP contribution is 2.12. The molecule has 0 radical (unpaired) electrons. The van der Waals surface area contributed by atoms with Crippen molar-refractivity contribution < 1.29 is 0 Å². The van der Waals surface area contributed by atoms with Crippen molar-refractivity contribution >= 4 is 0 Å². The lowest BCUT2D eigenvalue weighted by Gasteiger charge is -2.34. The van der Waals surface area contributed by atoms with E-state index in [4.69, 9.17) is 0 Å². The average molecular weight is 279 g/mol. The van der Waals surface area contributed by atoms with Gasteiger partial charge in [0.15, 0.2) is 0 Å². The SMILES string of the molecule is C=CCN(CCn1cc(CNCCC)nn1)C(C)(C)C. The first kappa shape index (κ1) is 16.9. The van der Waals surface area contributed by atoms with Gasteiger partial charge in [-0.15, -0.1) is 11.7 Å². The lowest BCUT2D eigenvalue weighted by Crippen LogP contribution is -2.43. The maximum absolute atomic E-state index is 4.19. The molecule has 0 amide bonds. The Morgan fingerprint density at radius 1 is 1.45 bits per heavy atom. The van der Waals surface area contributed by atoms with E-state index in [0.717, 1.165) is 44.8 Å². The lowest BCUT2D eigenvalue weighted by molar-refractivity contribution is 0.146. The number of hydrogen-bond donors (Lipinski definition) is 1. The molecule has 0 saturated carbocycles. The van der Waals surface area contributed by atoms with E-state index in [9.17, 15) is 0 Å². The number of hydrogen-bond acceptors (Lipinski definition) is 4. The molecule has 1 rings (SSSR count). The molecule has 0 aliphatic heterocycles. The first-order chi connectivity index (χ1) is 9.47. The van der Waals surface area contributed by atoms with Crippen LogP contribution in [0.4, 0.5) is 0 Å². The number of nitrogens with one attached hydrogen (secondary N) is 1. The summed E-state index contributed by atoms with van der Waals surface area (Å²) in [4.78, 5) is 2.39. The molecular formula is C15H29N5. The Morgan fingerprint density at radius 3 is 2.80 bits per heavy atom. The van der Waals surface area contributed by atoms with Gasteiger partial charge >= 0.3 is 0 Å². The fourth-order valence-corrected chi connectivity index (χ4v) is 2.00.